The summed E-state index contributed by atoms with van der Waals surface area (Å²) in [6, 6.07) is 2.36. The largest absolute Gasteiger partial charge is 0.416 e. The van der Waals surface area contributed by atoms with Gasteiger partial charge in [0.25, 0.3) is 0 Å². The fraction of sp³-hybridized carbons (Fsp3) is 0.111. The van der Waals surface area contributed by atoms with Crippen LogP contribution in [-0.4, -0.2) is 0 Å². The van der Waals surface area contributed by atoms with E-state index in [4.69, 9.17) is 0 Å². The van der Waals surface area contributed by atoms with Gasteiger partial charge in [-0.1, -0.05) is 15.9 Å². The molecule has 0 saturated heterocycles. The minimum absolute atomic E-state index is 0.161. The lowest BCUT2D eigenvalue weighted by Gasteiger charge is -2.07. The molecule has 0 radical (unpaired) electrons. The second-order valence-electron chi connectivity index (χ2n) is 2.56. The Labute approximate surface area is 86.4 Å². The Bertz CT molecular complexity index is 354. The highest BCUT2D eigenvalue weighted by atomic mass is 79.9. The Kier molecular flexibility index (Phi) is 3.31. The molecule has 1 aromatic carbocycles. The van der Waals surface area contributed by atoms with E-state index in [0.29, 0.717) is 6.07 Å². The zero-order valence-electron chi connectivity index (χ0n) is 6.78. The number of alkyl halides is 3. The van der Waals surface area contributed by atoms with Crippen molar-refractivity contribution < 1.29 is 17.6 Å². The van der Waals surface area contributed by atoms with Crippen LogP contribution in [0.2, 0.25) is 0 Å². The van der Waals surface area contributed by atoms with E-state index in [9.17, 15) is 17.6 Å². The molecule has 0 aliphatic rings. The van der Waals surface area contributed by atoms with Crippen molar-refractivity contribution in [2.75, 3.05) is 0 Å². The first-order valence-electron chi connectivity index (χ1n) is 3.58. The molecular formula is C9H5BrF4. The Morgan fingerprint density at radius 3 is 2.29 bits per heavy atom. The smallest absolute Gasteiger partial charge is 0.207 e. The van der Waals surface area contributed by atoms with Crippen LogP contribution in [0.1, 0.15) is 11.1 Å². The van der Waals surface area contributed by atoms with Crippen molar-refractivity contribution in [1.29, 1.82) is 0 Å². The van der Waals surface area contributed by atoms with Crippen molar-refractivity contribution in [2.45, 2.75) is 6.18 Å². The first-order chi connectivity index (χ1) is 6.43. The fourth-order valence-electron chi connectivity index (χ4n) is 0.945. The summed E-state index contributed by atoms with van der Waals surface area (Å²) in [4.78, 5) is 1.36. The van der Waals surface area contributed by atoms with Crippen molar-refractivity contribution in [2.24, 2.45) is 0 Å². The van der Waals surface area contributed by atoms with E-state index in [-0.39, 0.29) is 5.56 Å². The third-order valence-corrected chi connectivity index (χ3v) is 1.77. The molecule has 0 heterocycles. The van der Waals surface area contributed by atoms with Gasteiger partial charge in [0, 0.05) is 0 Å². The van der Waals surface area contributed by atoms with Crippen LogP contribution < -0.4 is 0 Å². The van der Waals surface area contributed by atoms with Gasteiger partial charge in [-0.05, 0) is 34.8 Å². The van der Waals surface area contributed by atoms with Crippen LogP contribution in [0.15, 0.2) is 23.2 Å². The van der Waals surface area contributed by atoms with E-state index >= 15 is 0 Å². The van der Waals surface area contributed by atoms with Crippen LogP contribution in [0, 0.1) is 5.82 Å². The maximum absolute atomic E-state index is 12.7. The van der Waals surface area contributed by atoms with Crippen molar-refractivity contribution in [3.63, 3.8) is 0 Å². The molecule has 0 unspecified atom stereocenters. The maximum atomic E-state index is 12.7. The molecule has 1 aromatic rings. The summed E-state index contributed by atoms with van der Waals surface area (Å²) in [6.07, 6.45) is -3.19. The van der Waals surface area contributed by atoms with Gasteiger partial charge in [0.1, 0.15) is 5.82 Å². The monoisotopic (exact) mass is 268 g/mol. The highest BCUT2D eigenvalue weighted by molar-refractivity contribution is 9.11. The topological polar surface area (TPSA) is 0 Å². The van der Waals surface area contributed by atoms with Crippen LogP contribution in [-0.2, 0) is 6.18 Å². The summed E-state index contributed by atoms with van der Waals surface area (Å²) < 4.78 is 49.3. The van der Waals surface area contributed by atoms with Gasteiger partial charge in [0.05, 0.1) is 5.56 Å². The van der Waals surface area contributed by atoms with E-state index in [2.05, 4.69) is 15.9 Å². The average Bonchev–Trinajstić information content (AvgIpc) is 2.02. The lowest BCUT2D eigenvalue weighted by atomic mass is 10.1. The van der Waals surface area contributed by atoms with Gasteiger partial charge in [-0.3, -0.25) is 0 Å². The Balaban J connectivity index is 3.20. The number of hydrogen-bond donors (Lipinski definition) is 0. The molecule has 0 aliphatic heterocycles. The molecule has 0 aliphatic carbocycles. The zero-order chi connectivity index (χ0) is 10.8. The third-order valence-electron chi connectivity index (χ3n) is 1.50. The molecule has 0 saturated carbocycles. The number of halogens is 5. The van der Waals surface area contributed by atoms with Crippen LogP contribution in [0.4, 0.5) is 17.6 Å². The van der Waals surface area contributed by atoms with Gasteiger partial charge in [-0.25, -0.2) is 4.39 Å². The lowest BCUT2D eigenvalue weighted by Crippen LogP contribution is -2.05. The quantitative estimate of drug-likeness (QED) is 0.670. The van der Waals surface area contributed by atoms with Crippen molar-refractivity contribution >= 4 is 22.0 Å². The minimum Gasteiger partial charge on any atom is -0.207 e. The SMILES string of the molecule is Fc1cc(/C=C/Br)cc(C(F)(F)F)c1. The lowest BCUT2D eigenvalue weighted by molar-refractivity contribution is -0.137. The summed E-state index contributed by atoms with van der Waals surface area (Å²) in [5, 5.41) is 0. The van der Waals surface area contributed by atoms with Crippen LogP contribution >= 0.6 is 15.9 Å². The maximum Gasteiger partial charge on any atom is 0.416 e. The molecule has 0 fully saturated rings. The fourth-order valence-corrected chi connectivity index (χ4v) is 1.25. The van der Waals surface area contributed by atoms with Crippen molar-refractivity contribution in [3.05, 3.63) is 40.1 Å². The molecule has 0 spiro atoms. The standard InChI is InChI=1S/C9H5BrF4/c10-2-1-6-3-7(9(12,13)14)5-8(11)4-6/h1-5H/b2-1+. The van der Waals surface area contributed by atoms with Gasteiger partial charge in [0.2, 0.25) is 0 Å². The number of benzene rings is 1. The summed E-state index contributed by atoms with van der Waals surface area (Å²) >= 11 is 2.90. The normalized spacial score (nSPS) is 12.4. The van der Waals surface area contributed by atoms with E-state index < -0.39 is 17.6 Å². The van der Waals surface area contributed by atoms with E-state index in [0.717, 1.165) is 12.1 Å². The second-order valence-corrected chi connectivity index (χ2v) is 3.09. The van der Waals surface area contributed by atoms with Gasteiger partial charge in [-0.2, -0.15) is 13.2 Å². The summed E-state index contributed by atoms with van der Waals surface area (Å²) in [6.45, 7) is 0. The Hall–Kier alpha value is -0.840. The molecule has 0 bridgehead atoms. The molecule has 0 amide bonds. The van der Waals surface area contributed by atoms with E-state index in [1.807, 2.05) is 0 Å². The molecule has 0 atom stereocenters. The van der Waals surface area contributed by atoms with Crippen LogP contribution in [0.3, 0.4) is 0 Å². The van der Waals surface area contributed by atoms with Gasteiger partial charge >= 0.3 is 6.18 Å². The van der Waals surface area contributed by atoms with Crippen molar-refractivity contribution in [3.8, 4) is 0 Å². The molecule has 0 N–H and O–H groups in total. The molecule has 14 heavy (non-hydrogen) atoms. The average molecular weight is 269 g/mol. The molecular weight excluding hydrogens is 264 g/mol. The molecule has 0 aromatic heterocycles. The van der Waals surface area contributed by atoms with Gasteiger partial charge < -0.3 is 0 Å². The van der Waals surface area contributed by atoms with Gasteiger partial charge in [0.15, 0.2) is 0 Å². The predicted octanol–water partition coefficient (Wildman–Crippen LogP) is 4.21. The zero-order valence-corrected chi connectivity index (χ0v) is 8.36. The number of rotatable bonds is 1. The summed E-state index contributed by atoms with van der Waals surface area (Å²) in [5.41, 5.74) is -0.827. The molecule has 1 rings (SSSR count). The third kappa shape index (κ3) is 2.83. The first kappa shape index (κ1) is 11.2. The van der Waals surface area contributed by atoms with Gasteiger partial charge in [-0.15, -0.1) is 0 Å². The van der Waals surface area contributed by atoms with Crippen LogP contribution in [0.25, 0.3) is 6.08 Å². The summed E-state index contributed by atoms with van der Waals surface area (Å²) in [7, 11) is 0. The number of hydrogen-bond acceptors (Lipinski definition) is 0. The summed E-state index contributed by atoms with van der Waals surface area (Å²) in [5.74, 6) is -0.902. The molecule has 0 nitrogen and oxygen atoms in total. The van der Waals surface area contributed by atoms with Crippen molar-refractivity contribution in [1.82, 2.24) is 0 Å². The first-order valence-corrected chi connectivity index (χ1v) is 4.49. The Morgan fingerprint density at radius 2 is 1.79 bits per heavy atom. The highest BCUT2D eigenvalue weighted by Gasteiger charge is 2.31. The van der Waals surface area contributed by atoms with E-state index in [1.165, 1.54) is 11.1 Å². The van der Waals surface area contributed by atoms with Crippen LogP contribution in [0.5, 0.6) is 0 Å². The highest BCUT2D eigenvalue weighted by Crippen LogP contribution is 2.30. The Morgan fingerprint density at radius 1 is 1.14 bits per heavy atom. The van der Waals surface area contributed by atoms with E-state index in [1.54, 1.807) is 0 Å². The second kappa shape index (κ2) is 4.13. The minimum atomic E-state index is -4.52. The predicted molar refractivity (Wildman–Crippen MR) is 49.4 cm³/mol. The molecule has 76 valence electrons. The molecule has 5 heteroatoms.